The molecule has 130 valence electrons. The first kappa shape index (κ1) is 16.4. The van der Waals surface area contributed by atoms with E-state index >= 15 is 0 Å². The third-order valence-corrected chi connectivity index (χ3v) is 6.19. The van der Waals surface area contributed by atoms with Crippen LogP contribution in [0.5, 0.6) is 0 Å². The van der Waals surface area contributed by atoms with E-state index < -0.39 is 0 Å². The number of hydrogen-bond acceptors (Lipinski definition) is 4. The second-order valence-electron chi connectivity index (χ2n) is 7.07. The van der Waals surface area contributed by atoms with Crippen molar-refractivity contribution in [2.45, 2.75) is 45.7 Å². The van der Waals surface area contributed by atoms with Crippen LogP contribution >= 0.6 is 11.3 Å². The Kier molecular flexibility index (Phi) is 4.39. The molecule has 1 aliphatic carbocycles. The number of hydrogen-bond donors (Lipinski definition) is 2. The zero-order chi connectivity index (χ0) is 17.4. The standard InChI is InChI=1S/C19H22N4OS/c1-11-5-6-14-15(8-11)25-19-16(14)18(24)22-17(23-19)12(2)21-10-13-4-3-7-20-9-13/h3-4,7,9,11-12,21H,5-6,8,10H2,1-2H3,(H,22,23,24)/p+1/t11-,12-/m0/s1. The van der Waals surface area contributed by atoms with Gasteiger partial charge in [-0.1, -0.05) is 13.0 Å². The molecule has 0 unspecified atom stereocenters. The zero-order valence-corrected chi connectivity index (χ0v) is 15.4. The first-order chi connectivity index (χ1) is 12.1. The van der Waals surface area contributed by atoms with Crippen molar-refractivity contribution in [3.63, 3.8) is 0 Å². The fourth-order valence-corrected chi connectivity index (χ4v) is 4.91. The maximum Gasteiger partial charge on any atom is 0.260 e. The fourth-order valence-electron chi connectivity index (χ4n) is 3.52. The van der Waals surface area contributed by atoms with Crippen LogP contribution in [0.3, 0.4) is 0 Å². The molecule has 3 N–H and O–H groups in total. The molecule has 6 heteroatoms. The van der Waals surface area contributed by atoms with Gasteiger partial charge in [0.25, 0.3) is 5.56 Å². The molecule has 3 aromatic heterocycles. The fraction of sp³-hybridized carbons (Fsp3) is 0.421. The highest BCUT2D eigenvalue weighted by Crippen LogP contribution is 2.35. The van der Waals surface area contributed by atoms with Crippen molar-refractivity contribution in [3.05, 3.63) is 56.7 Å². The van der Waals surface area contributed by atoms with Crippen molar-refractivity contribution in [1.82, 2.24) is 15.0 Å². The van der Waals surface area contributed by atoms with Crippen LogP contribution in [-0.2, 0) is 19.4 Å². The van der Waals surface area contributed by atoms with E-state index in [1.54, 1.807) is 17.5 Å². The number of thiophene rings is 1. The number of pyridine rings is 1. The number of nitrogens with two attached hydrogens (primary N) is 1. The van der Waals surface area contributed by atoms with Gasteiger partial charge in [0, 0.05) is 22.8 Å². The Morgan fingerprint density at radius 1 is 1.48 bits per heavy atom. The lowest BCUT2D eigenvalue weighted by molar-refractivity contribution is -0.709. The molecule has 0 fully saturated rings. The molecule has 0 amide bonds. The molecule has 4 rings (SSSR count). The molecule has 3 aromatic rings. The van der Waals surface area contributed by atoms with Crippen LogP contribution in [0.25, 0.3) is 10.2 Å². The molecular formula is C19H23N4OS+. The Hall–Kier alpha value is -2.05. The van der Waals surface area contributed by atoms with E-state index in [0.29, 0.717) is 5.92 Å². The van der Waals surface area contributed by atoms with Gasteiger partial charge in [-0.3, -0.25) is 9.78 Å². The predicted molar refractivity (Wildman–Crippen MR) is 99.7 cm³/mol. The van der Waals surface area contributed by atoms with Crippen LogP contribution in [0.2, 0.25) is 0 Å². The summed E-state index contributed by atoms with van der Waals surface area (Å²) < 4.78 is 0. The van der Waals surface area contributed by atoms with E-state index in [1.807, 2.05) is 12.3 Å². The van der Waals surface area contributed by atoms with Crippen molar-refractivity contribution >= 4 is 21.6 Å². The van der Waals surface area contributed by atoms with E-state index in [9.17, 15) is 4.79 Å². The van der Waals surface area contributed by atoms with Gasteiger partial charge < -0.3 is 10.3 Å². The molecule has 0 aromatic carbocycles. The Morgan fingerprint density at radius 3 is 3.16 bits per heavy atom. The first-order valence-electron chi connectivity index (χ1n) is 8.88. The highest BCUT2D eigenvalue weighted by molar-refractivity contribution is 7.18. The van der Waals surface area contributed by atoms with Gasteiger partial charge in [-0.25, -0.2) is 4.98 Å². The van der Waals surface area contributed by atoms with Crippen molar-refractivity contribution in [3.8, 4) is 0 Å². The number of quaternary nitrogens is 1. The maximum atomic E-state index is 12.7. The minimum absolute atomic E-state index is 0.0219. The van der Waals surface area contributed by atoms with Gasteiger partial charge in [0.05, 0.1) is 5.39 Å². The van der Waals surface area contributed by atoms with Gasteiger partial charge in [0.15, 0.2) is 5.82 Å². The Morgan fingerprint density at radius 2 is 2.36 bits per heavy atom. The maximum absolute atomic E-state index is 12.7. The normalized spacial score (nSPS) is 18.2. The number of H-pyrrole nitrogens is 1. The Bertz CT molecular complexity index is 947. The van der Waals surface area contributed by atoms with Gasteiger partial charge in [0.1, 0.15) is 17.4 Å². The zero-order valence-electron chi connectivity index (χ0n) is 14.6. The Labute approximate surface area is 150 Å². The molecule has 0 saturated carbocycles. The van der Waals surface area contributed by atoms with Crippen LogP contribution in [-0.4, -0.2) is 15.0 Å². The molecule has 1 aliphatic rings. The van der Waals surface area contributed by atoms with Crippen molar-refractivity contribution in [2.24, 2.45) is 5.92 Å². The number of aromatic nitrogens is 3. The van der Waals surface area contributed by atoms with Gasteiger partial charge >= 0.3 is 0 Å². The topological polar surface area (TPSA) is 75.2 Å². The van der Waals surface area contributed by atoms with Crippen molar-refractivity contribution in [2.75, 3.05) is 0 Å². The van der Waals surface area contributed by atoms with Gasteiger partial charge in [-0.15, -0.1) is 11.3 Å². The van der Waals surface area contributed by atoms with E-state index in [0.717, 1.165) is 41.8 Å². The second-order valence-corrected chi connectivity index (χ2v) is 8.16. The lowest BCUT2D eigenvalue weighted by Gasteiger charge is -2.17. The molecule has 2 atom stereocenters. The minimum atomic E-state index is 0.0219. The van der Waals surface area contributed by atoms with E-state index in [2.05, 4.69) is 35.2 Å². The smallest absolute Gasteiger partial charge is 0.260 e. The highest BCUT2D eigenvalue weighted by atomic mass is 32.1. The summed E-state index contributed by atoms with van der Waals surface area (Å²) in [6, 6.07) is 4.09. The van der Waals surface area contributed by atoms with E-state index in [1.165, 1.54) is 16.0 Å². The average Bonchev–Trinajstić information content (AvgIpc) is 2.98. The van der Waals surface area contributed by atoms with Gasteiger partial charge in [-0.05, 0) is 43.7 Å². The molecule has 0 saturated heterocycles. The van der Waals surface area contributed by atoms with Gasteiger partial charge in [-0.2, -0.15) is 0 Å². The van der Waals surface area contributed by atoms with Crippen LogP contribution < -0.4 is 10.9 Å². The molecule has 0 spiro atoms. The quantitative estimate of drug-likeness (QED) is 0.754. The number of aromatic amines is 1. The summed E-state index contributed by atoms with van der Waals surface area (Å²) in [7, 11) is 0. The summed E-state index contributed by atoms with van der Waals surface area (Å²) in [5, 5.41) is 3.01. The van der Waals surface area contributed by atoms with Crippen LogP contribution in [0.4, 0.5) is 0 Å². The molecule has 0 bridgehead atoms. The monoisotopic (exact) mass is 355 g/mol. The summed E-state index contributed by atoms with van der Waals surface area (Å²) in [6.45, 7) is 5.18. The number of fused-ring (bicyclic) bond motifs is 3. The van der Waals surface area contributed by atoms with E-state index in [-0.39, 0.29) is 11.6 Å². The molecule has 3 heterocycles. The first-order valence-corrected chi connectivity index (χ1v) is 9.70. The van der Waals surface area contributed by atoms with Crippen molar-refractivity contribution < 1.29 is 5.32 Å². The third kappa shape index (κ3) is 3.24. The van der Waals surface area contributed by atoms with Crippen molar-refractivity contribution in [1.29, 1.82) is 0 Å². The molecule has 0 radical (unpaired) electrons. The number of nitrogens with zero attached hydrogens (tertiary/aromatic N) is 2. The van der Waals surface area contributed by atoms with E-state index in [4.69, 9.17) is 4.98 Å². The average molecular weight is 355 g/mol. The number of aryl methyl sites for hydroxylation is 1. The number of rotatable bonds is 4. The lowest BCUT2D eigenvalue weighted by Crippen LogP contribution is -2.83. The lowest BCUT2D eigenvalue weighted by atomic mass is 9.89. The highest BCUT2D eigenvalue weighted by Gasteiger charge is 2.24. The molecule has 0 aliphatic heterocycles. The summed E-state index contributed by atoms with van der Waals surface area (Å²) in [4.78, 5) is 26.9. The van der Waals surface area contributed by atoms with Crippen LogP contribution in [0, 0.1) is 5.92 Å². The largest absolute Gasteiger partial charge is 0.334 e. The van der Waals surface area contributed by atoms with Gasteiger partial charge in [0.2, 0.25) is 0 Å². The second kappa shape index (κ2) is 6.69. The van der Waals surface area contributed by atoms with Crippen LogP contribution in [0.15, 0.2) is 29.3 Å². The SMILES string of the molecule is C[C@H]1CCc2c(sc3nc([C@H](C)[NH2+]Cc4cccnc4)[nH]c(=O)c23)C1. The summed E-state index contributed by atoms with van der Waals surface area (Å²) >= 11 is 1.71. The third-order valence-electron chi connectivity index (χ3n) is 5.04. The molecule has 25 heavy (non-hydrogen) atoms. The minimum Gasteiger partial charge on any atom is -0.334 e. The predicted octanol–water partition coefficient (Wildman–Crippen LogP) is 2.33. The summed E-state index contributed by atoms with van der Waals surface area (Å²) in [5.74, 6) is 1.46. The molecular weight excluding hydrogens is 332 g/mol. The van der Waals surface area contributed by atoms with Crippen LogP contribution in [0.1, 0.15) is 48.1 Å². The summed E-state index contributed by atoms with van der Waals surface area (Å²) in [6.07, 6.45) is 6.89. The molecule has 5 nitrogen and oxygen atoms in total. The Balaban J connectivity index is 1.61. The summed E-state index contributed by atoms with van der Waals surface area (Å²) in [5.41, 5.74) is 2.43. The number of nitrogens with one attached hydrogen (secondary N) is 1.